The molecule has 0 unspecified atom stereocenters. The summed E-state index contributed by atoms with van der Waals surface area (Å²) in [5, 5.41) is 19.6. The summed E-state index contributed by atoms with van der Waals surface area (Å²) < 4.78 is 18.9. The van der Waals surface area contributed by atoms with Crippen molar-refractivity contribution < 1.29 is 19.2 Å². The van der Waals surface area contributed by atoms with Crippen LogP contribution in [0.5, 0.6) is 11.5 Å². The monoisotopic (exact) mass is 263 g/mol. The highest BCUT2D eigenvalue weighted by atomic mass is 19.1. The molecule has 0 spiro atoms. The van der Waals surface area contributed by atoms with Crippen LogP contribution in [0.2, 0.25) is 0 Å². The van der Waals surface area contributed by atoms with E-state index in [0.29, 0.717) is 5.56 Å². The van der Waals surface area contributed by atoms with Crippen LogP contribution in [0.25, 0.3) is 0 Å². The average Bonchev–Trinajstić information content (AvgIpc) is 2.41. The first kappa shape index (κ1) is 13.0. The van der Waals surface area contributed by atoms with Gasteiger partial charge in [0.25, 0.3) is 5.69 Å². The maximum absolute atomic E-state index is 13.6. The van der Waals surface area contributed by atoms with Crippen molar-refractivity contribution in [2.75, 3.05) is 0 Å². The molecule has 0 saturated carbocycles. The number of benzene rings is 2. The summed E-state index contributed by atoms with van der Waals surface area (Å²) in [5.41, 5.74) is 0.224. The summed E-state index contributed by atoms with van der Waals surface area (Å²) in [6.45, 7) is -0.361. The first-order chi connectivity index (χ1) is 9.11. The highest BCUT2D eigenvalue weighted by Gasteiger charge is 2.11. The van der Waals surface area contributed by atoms with Gasteiger partial charge in [0, 0.05) is 17.7 Å². The van der Waals surface area contributed by atoms with Gasteiger partial charge < -0.3 is 9.84 Å². The summed E-state index contributed by atoms with van der Waals surface area (Å²) in [6.07, 6.45) is 0. The minimum absolute atomic E-state index is 0.0803. The van der Waals surface area contributed by atoms with Crippen LogP contribution < -0.4 is 4.74 Å². The lowest BCUT2D eigenvalue weighted by atomic mass is 10.2. The Morgan fingerprint density at radius 2 is 1.89 bits per heavy atom. The average molecular weight is 263 g/mol. The Labute approximate surface area is 108 Å². The van der Waals surface area contributed by atoms with Gasteiger partial charge in [0.15, 0.2) is 11.6 Å². The number of aliphatic hydroxyl groups excluding tert-OH is 1. The number of para-hydroxylation sites is 1. The molecule has 0 radical (unpaired) electrons. The number of hydrogen-bond acceptors (Lipinski definition) is 4. The van der Waals surface area contributed by atoms with Crippen molar-refractivity contribution in [3.63, 3.8) is 0 Å². The largest absolute Gasteiger partial charge is 0.454 e. The molecule has 2 aromatic carbocycles. The van der Waals surface area contributed by atoms with E-state index in [9.17, 15) is 14.5 Å². The highest BCUT2D eigenvalue weighted by Crippen LogP contribution is 2.29. The quantitative estimate of drug-likeness (QED) is 0.679. The van der Waals surface area contributed by atoms with E-state index < -0.39 is 10.7 Å². The molecule has 0 bridgehead atoms. The molecule has 0 aliphatic rings. The van der Waals surface area contributed by atoms with Gasteiger partial charge in [-0.1, -0.05) is 12.1 Å². The second-order valence-electron chi connectivity index (χ2n) is 3.74. The van der Waals surface area contributed by atoms with Gasteiger partial charge in [-0.3, -0.25) is 10.1 Å². The van der Waals surface area contributed by atoms with E-state index in [-0.39, 0.29) is 23.8 Å². The number of rotatable bonds is 4. The Bertz CT molecular complexity index is 598. The Morgan fingerprint density at radius 3 is 2.47 bits per heavy atom. The first-order valence-electron chi connectivity index (χ1n) is 5.42. The number of aliphatic hydroxyl groups is 1. The number of nitro benzene ring substituents is 1. The third-order valence-electron chi connectivity index (χ3n) is 2.49. The Morgan fingerprint density at radius 1 is 1.21 bits per heavy atom. The van der Waals surface area contributed by atoms with Crippen molar-refractivity contribution in [3.8, 4) is 11.5 Å². The normalized spacial score (nSPS) is 10.2. The third-order valence-corrected chi connectivity index (χ3v) is 2.49. The van der Waals surface area contributed by atoms with E-state index >= 15 is 0 Å². The van der Waals surface area contributed by atoms with Gasteiger partial charge in [-0.15, -0.1) is 0 Å². The van der Waals surface area contributed by atoms with Crippen LogP contribution in [0.4, 0.5) is 10.1 Å². The smallest absolute Gasteiger partial charge is 0.269 e. The molecule has 2 rings (SSSR count). The van der Waals surface area contributed by atoms with E-state index in [2.05, 4.69) is 0 Å². The fourth-order valence-electron chi connectivity index (χ4n) is 1.55. The Hall–Kier alpha value is -2.47. The number of nitro groups is 1. The molecule has 0 saturated heterocycles. The first-order valence-corrected chi connectivity index (χ1v) is 5.42. The fourth-order valence-corrected chi connectivity index (χ4v) is 1.55. The van der Waals surface area contributed by atoms with Crippen molar-refractivity contribution in [2.45, 2.75) is 6.61 Å². The predicted octanol–water partition coefficient (Wildman–Crippen LogP) is 3.02. The van der Waals surface area contributed by atoms with Crippen molar-refractivity contribution >= 4 is 5.69 Å². The zero-order valence-electron chi connectivity index (χ0n) is 9.75. The number of hydrogen-bond donors (Lipinski definition) is 1. The minimum Gasteiger partial charge on any atom is -0.454 e. The molecule has 2 aromatic rings. The second-order valence-corrected chi connectivity index (χ2v) is 3.74. The van der Waals surface area contributed by atoms with Crippen LogP contribution in [0.1, 0.15) is 5.56 Å². The number of halogens is 1. The molecule has 0 fully saturated rings. The maximum atomic E-state index is 13.6. The van der Waals surface area contributed by atoms with E-state index in [4.69, 9.17) is 9.84 Å². The maximum Gasteiger partial charge on any atom is 0.269 e. The molecule has 0 heterocycles. The molecule has 5 nitrogen and oxygen atoms in total. The van der Waals surface area contributed by atoms with Crippen LogP contribution in [0.3, 0.4) is 0 Å². The van der Waals surface area contributed by atoms with Gasteiger partial charge in [0.1, 0.15) is 5.75 Å². The van der Waals surface area contributed by atoms with Crippen molar-refractivity contribution in [2.24, 2.45) is 0 Å². The SMILES string of the molecule is O=[N+]([O-])c1ccc(Oc2c(F)cccc2CO)cc1. The zero-order chi connectivity index (χ0) is 13.8. The van der Waals surface area contributed by atoms with E-state index in [1.165, 1.54) is 42.5 Å². The van der Waals surface area contributed by atoms with Crippen molar-refractivity contribution in [1.82, 2.24) is 0 Å². The summed E-state index contributed by atoms with van der Waals surface area (Å²) in [7, 11) is 0. The standard InChI is InChI=1S/C13H10FNO4/c14-12-3-1-2-9(8-16)13(12)19-11-6-4-10(5-7-11)15(17)18/h1-7,16H,8H2. The van der Waals surface area contributed by atoms with Gasteiger partial charge in [0.05, 0.1) is 11.5 Å². The Kier molecular flexibility index (Phi) is 3.72. The minimum atomic E-state index is -0.607. The van der Waals surface area contributed by atoms with Crippen LogP contribution in [-0.4, -0.2) is 10.0 Å². The van der Waals surface area contributed by atoms with Crippen LogP contribution >= 0.6 is 0 Å². The van der Waals surface area contributed by atoms with Gasteiger partial charge >= 0.3 is 0 Å². The fraction of sp³-hybridized carbons (Fsp3) is 0.0769. The van der Waals surface area contributed by atoms with Gasteiger partial charge in [-0.2, -0.15) is 0 Å². The number of non-ortho nitro benzene ring substituents is 1. The summed E-state index contributed by atoms with van der Waals surface area (Å²) >= 11 is 0. The lowest BCUT2D eigenvalue weighted by molar-refractivity contribution is -0.384. The van der Waals surface area contributed by atoms with Gasteiger partial charge in [-0.25, -0.2) is 4.39 Å². The molecule has 0 aliphatic heterocycles. The summed E-state index contributed by atoms with van der Waals surface area (Å²) in [5.74, 6) is -0.436. The van der Waals surface area contributed by atoms with E-state index in [1.54, 1.807) is 0 Å². The van der Waals surface area contributed by atoms with Crippen LogP contribution in [0.15, 0.2) is 42.5 Å². The number of ether oxygens (including phenoxy) is 1. The van der Waals surface area contributed by atoms with Gasteiger partial charge in [-0.05, 0) is 18.2 Å². The molecule has 0 aliphatic carbocycles. The molecular weight excluding hydrogens is 253 g/mol. The lowest BCUT2D eigenvalue weighted by Crippen LogP contribution is -1.95. The molecule has 6 heteroatoms. The summed E-state index contributed by atoms with van der Waals surface area (Å²) in [6, 6.07) is 9.45. The molecule has 0 amide bonds. The molecule has 98 valence electrons. The second kappa shape index (κ2) is 5.45. The van der Waals surface area contributed by atoms with E-state index in [1.807, 2.05) is 0 Å². The molecule has 0 aromatic heterocycles. The molecule has 19 heavy (non-hydrogen) atoms. The highest BCUT2D eigenvalue weighted by molar-refractivity contribution is 5.41. The zero-order valence-corrected chi connectivity index (χ0v) is 9.75. The van der Waals surface area contributed by atoms with Gasteiger partial charge in [0.2, 0.25) is 0 Å². The molecule has 0 atom stereocenters. The predicted molar refractivity (Wildman–Crippen MR) is 65.5 cm³/mol. The van der Waals surface area contributed by atoms with E-state index in [0.717, 1.165) is 0 Å². The van der Waals surface area contributed by atoms with Crippen molar-refractivity contribution in [1.29, 1.82) is 0 Å². The molecular formula is C13H10FNO4. The topological polar surface area (TPSA) is 72.6 Å². The van der Waals surface area contributed by atoms with Crippen LogP contribution in [-0.2, 0) is 6.61 Å². The summed E-state index contributed by atoms with van der Waals surface area (Å²) in [4.78, 5) is 9.96. The molecule has 1 N–H and O–H groups in total. The van der Waals surface area contributed by atoms with Crippen LogP contribution in [0, 0.1) is 15.9 Å². The Balaban J connectivity index is 2.28. The number of nitrogens with zero attached hydrogens (tertiary/aromatic N) is 1. The third kappa shape index (κ3) is 2.86. The lowest BCUT2D eigenvalue weighted by Gasteiger charge is -2.10. The van der Waals surface area contributed by atoms with Crippen molar-refractivity contribution in [3.05, 3.63) is 64.0 Å².